The van der Waals surface area contributed by atoms with E-state index in [4.69, 9.17) is 5.73 Å². The van der Waals surface area contributed by atoms with Gasteiger partial charge in [-0.3, -0.25) is 14.4 Å². The first-order valence-electron chi connectivity index (χ1n) is 7.71. The molecule has 3 amide bonds. The lowest BCUT2D eigenvalue weighted by Crippen LogP contribution is -2.59. The molecule has 1 fully saturated rings. The number of likely N-dealkylation sites (tertiary alicyclic amines) is 1. The van der Waals surface area contributed by atoms with Gasteiger partial charge in [0.15, 0.2) is 0 Å². The van der Waals surface area contributed by atoms with E-state index in [-0.39, 0.29) is 31.7 Å². The molecule has 1 saturated heterocycles. The van der Waals surface area contributed by atoms with Crippen LogP contribution < -0.4 is 11.1 Å². The highest BCUT2D eigenvalue weighted by Crippen LogP contribution is 2.34. The summed E-state index contributed by atoms with van der Waals surface area (Å²) in [5, 5.41) is 8.23. The Labute approximate surface area is 143 Å². The molecule has 0 radical (unpaired) electrons. The normalized spacial score (nSPS) is 24.8. The highest BCUT2D eigenvalue weighted by atomic mass is 16.2. The summed E-state index contributed by atoms with van der Waals surface area (Å²) >= 11 is 0. The summed E-state index contributed by atoms with van der Waals surface area (Å²) in [6, 6.07) is -0.693. The van der Waals surface area contributed by atoms with Crippen molar-refractivity contribution < 1.29 is 14.4 Å². The molecule has 0 bridgehead atoms. The monoisotopic (exact) mass is 339 g/mol. The molecule has 8 heteroatoms. The molecule has 0 aromatic rings. The smallest absolute Gasteiger partial charge is 0.255 e. The summed E-state index contributed by atoms with van der Waals surface area (Å²) in [7, 11) is 1.62. The minimum absolute atomic E-state index is 0. The first-order valence-corrected chi connectivity index (χ1v) is 7.71. The van der Waals surface area contributed by atoms with Crippen LogP contribution in [0.4, 0.5) is 0 Å². The Kier molecular flexibility index (Phi) is 5.44. The minimum atomic E-state index is -1.05. The maximum absolute atomic E-state index is 12.6. The Balaban J connectivity index is 0.00000288. The van der Waals surface area contributed by atoms with Crippen LogP contribution >= 0.6 is 0 Å². The molecule has 0 aliphatic carbocycles. The van der Waals surface area contributed by atoms with E-state index in [0.29, 0.717) is 13.0 Å². The Hall–Kier alpha value is -1.96. The molecule has 0 saturated carbocycles. The average molecular weight is 339 g/mol. The molecule has 0 spiro atoms. The number of hydrogen-bond donors (Lipinski definition) is 2. The standard InChI is InChI=1S/C15H25N5O3.CH4/c1-9(17-12(22)14(2,3)16)11(21)20-7-6-10-15(4,8-20)13(23)19(5)18-10;/h9H,6-8,16H2,1-5H3,(H,17,22);1H4/t9-,15-;/m1./s1. The van der Waals surface area contributed by atoms with Crippen LogP contribution in [0.5, 0.6) is 0 Å². The van der Waals surface area contributed by atoms with Crippen molar-refractivity contribution in [2.24, 2.45) is 16.3 Å². The van der Waals surface area contributed by atoms with Crippen LogP contribution in [0.2, 0.25) is 0 Å². The zero-order chi connectivity index (χ0) is 17.6. The molecule has 2 aliphatic rings. The fourth-order valence-electron chi connectivity index (χ4n) is 2.91. The zero-order valence-corrected chi connectivity index (χ0v) is 14.3. The SMILES string of the molecule is C.C[C@@H](NC(=O)C(C)(C)N)C(=O)N1CCC2=NN(C)C(=O)[C@]2(C)C1. The number of piperidine rings is 1. The predicted molar refractivity (Wildman–Crippen MR) is 92.1 cm³/mol. The molecule has 0 aromatic carbocycles. The highest BCUT2D eigenvalue weighted by molar-refractivity contribution is 6.13. The maximum Gasteiger partial charge on any atom is 0.255 e. The Morgan fingerprint density at radius 1 is 1.42 bits per heavy atom. The second-order valence-corrected chi connectivity index (χ2v) is 7.13. The lowest BCUT2D eigenvalue weighted by Gasteiger charge is -2.38. The van der Waals surface area contributed by atoms with Gasteiger partial charge in [-0.1, -0.05) is 7.43 Å². The van der Waals surface area contributed by atoms with E-state index >= 15 is 0 Å². The lowest BCUT2D eigenvalue weighted by molar-refractivity contribution is -0.141. The number of hydrogen-bond acceptors (Lipinski definition) is 5. The van der Waals surface area contributed by atoms with Gasteiger partial charge in [0.1, 0.15) is 11.5 Å². The predicted octanol–water partition coefficient (Wildman–Crippen LogP) is -0.0689. The van der Waals surface area contributed by atoms with Crippen molar-refractivity contribution in [2.45, 2.75) is 53.1 Å². The summed E-state index contributed by atoms with van der Waals surface area (Å²) in [6.45, 7) is 7.36. The van der Waals surface area contributed by atoms with Crippen LogP contribution in [0.25, 0.3) is 0 Å². The summed E-state index contributed by atoms with van der Waals surface area (Å²) < 4.78 is 0. The number of carbonyl (C=O) groups excluding carboxylic acids is 3. The van der Waals surface area contributed by atoms with Crippen LogP contribution in [0.3, 0.4) is 0 Å². The molecule has 3 N–H and O–H groups in total. The van der Waals surface area contributed by atoms with Crippen molar-refractivity contribution in [3.05, 3.63) is 0 Å². The molecular formula is C16H29N5O3. The van der Waals surface area contributed by atoms with Gasteiger partial charge in [-0.2, -0.15) is 5.10 Å². The van der Waals surface area contributed by atoms with Crippen LogP contribution in [0.1, 0.15) is 41.5 Å². The number of rotatable bonds is 3. The molecule has 8 nitrogen and oxygen atoms in total. The van der Waals surface area contributed by atoms with E-state index in [1.54, 1.807) is 32.7 Å². The van der Waals surface area contributed by atoms with E-state index in [9.17, 15) is 14.4 Å². The maximum atomic E-state index is 12.6. The van der Waals surface area contributed by atoms with E-state index < -0.39 is 17.0 Å². The van der Waals surface area contributed by atoms with E-state index in [1.807, 2.05) is 6.92 Å². The summed E-state index contributed by atoms with van der Waals surface area (Å²) in [5.74, 6) is -0.712. The molecule has 2 atom stereocenters. The average Bonchev–Trinajstić information content (AvgIpc) is 2.67. The van der Waals surface area contributed by atoms with E-state index in [0.717, 1.165) is 5.71 Å². The van der Waals surface area contributed by atoms with Gasteiger partial charge in [0, 0.05) is 26.6 Å². The number of nitrogens with two attached hydrogens (primary N) is 1. The second kappa shape index (κ2) is 6.51. The topological polar surface area (TPSA) is 108 Å². The number of amides is 3. The zero-order valence-electron chi connectivity index (χ0n) is 14.3. The number of nitrogens with zero attached hydrogens (tertiary/aromatic N) is 3. The van der Waals surface area contributed by atoms with Gasteiger partial charge in [0.2, 0.25) is 11.8 Å². The fourth-order valence-corrected chi connectivity index (χ4v) is 2.91. The molecule has 136 valence electrons. The third kappa shape index (κ3) is 3.43. The lowest BCUT2D eigenvalue weighted by atomic mass is 9.80. The molecule has 24 heavy (non-hydrogen) atoms. The van der Waals surface area contributed by atoms with Gasteiger partial charge in [-0.15, -0.1) is 0 Å². The van der Waals surface area contributed by atoms with Gasteiger partial charge in [-0.25, -0.2) is 5.01 Å². The molecule has 0 unspecified atom stereocenters. The first-order chi connectivity index (χ1) is 10.5. The summed E-state index contributed by atoms with van der Waals surface area (Å²) in [5.41, 5.74) is 4.73. The third-order valence-corrected chi connectivity index (χ3v) is 4.41. The van der Waals surface area contributed by atoms with Gasteiger partial charge < -0.3 is 16.0 Å². The number of carbonyl (C=O) groups is 3. The van der Waals surface area contributed by atoms with Gasteiger partial charge in [-0.05, 0) is 27.7 Å². The first kappa shape index (κ1) is 20.1. The second-order valence-electron chi connectivity index (χ2n) is 7.13. The van der Waals surface area contributed by atoms with E-state index in [2.05, 4.69) is 10.4 Å². The number of nitrogens with one attached hydrogen (secondary N) is 1. The van der Waals surface area contributed by atoms with Crippen LogP contribution in [0, 0.1) is 5.41 Å². The Morgan fingerprint density at radius 3 is 2.54 bits per heavy atom. The Morgan fingerprint density at radius 2 is 2.00 bits per heavy atom. The highest BCUT2D eigenvalue weighted by Gasteiger charge is 2.50. The van der Waals surface area contributed by atoms with Crippen LogP contribution in [0.15, 0.2) is 5.10 Å². The van der Waals surface area contributed by atoms with Crippen molar-refractivity contribution in [2.75, 3.05) is 20.1 Å². The van der Waals surface area contributed by atoms with Crippen molar-refractivity contribution in [1.29, 1.82) is 0 Å². The summed E-state index contributed by atoms with van der Waals surface area (Å²) in [6.07, 6.45) is 0.557. The quantitative estimate of drug-likeness (QED) is 0.750. The van der Waals surface area contributed by atoms with Crippen molar-refractivity contribution in [1.82, 2.24) is 15.2 Å². The largest absolute Gasteiger partial charge is 0.343 e. The fraction of sp³-hybridized carbons (Fsp3) is 0.750. The number of hydrazone groups is 1. The third-order valence-electron chi connectivity index (χ3n) is 4.41. The molecular weight excluding hydrogens is 310 g/mol. The van der Waals surface area contributed by atoms with Gasteiger partial charge >= 0.3 is 0 Å². The molecule has 2 aliphatic heterocycles. The van der Waals surface area contributed by atoms with Crippen molar-refractivity contribution in [3.8, 4) is 0 Å². The van der Waals surface area contributed by atoms with E-state index in [1.165, 1.54) is 5.01 Å². The Bertz CT molecular complexity index is 581. The molecule has 0 aromatic heterocycles. The van der Waals surface area contributed by atoms with Gasteiger partial charge in [0.25, 0.3) is 5.91 Å². The van der Waals surface area contributed by atoms with Gasteiger partial charge in [0.05, 0.1) is 11.3 Å². The van der Waals surface area contributed by atoms with Crippen molar-refractivity contribution in [3.63, 3.8) is 0 Å². The molecule has 2 heterocycles. The van der Waals surface area contributed by atoms with Crippen LogP contribution in [-0.2, 0) is 14.4 Å². The minimum Gasteiger partial charge on any atom is -0.343 e. The molecule has 2 rings (SSSR count). The summed E-state index contributed by atoms with van der Waals surface area (Å²) in [4.78, 5) is 38.4. The van der Waals surface area contributed by atoms with Crippen molar-refractivity contribution >= 4 is 23.4 Å². The number of fused-ring (bicyclic) bond motifs is 1. The van der Waals surface area contributed by atoms with Crippen LogP contribution in [-0.4, -0.2) is 65.1 Å².